The third-order valence-electron chi connectivity index (χ3n) is 6.63. The van der Waals surface area contributed by atoms with Gasteiger partial charge in [-0.25, -0.2) is 14.2 Å². The molecule has 3 aliphatic carbocycles. The highest BCUT2D eigenvalue weighted by Gasteiger charge is 2.48. The number of fused-ring (bicyclic) bond motifs is 4. The maximum absolute atomic E-state index is 14.5. The third-order valence-corrected chi connectivity index (χ3v) is 6.63. The van der Waals surface area contributed by atoms with Gasteiger partial charge in [-0.1, -0.05) is 0 Å². The van der Waals surface area contributed by atoms with Crippen LogP contribution in [0.5, 0.6) is 5.88 Å². The van der Waals surface area contributed by atoms with Crippen molar-refractivity contribution in [3.05, 3.63) is 29.7 Å². The molecule has 6 nitrogen and oxygen atoms in total. The largest absolute Gasteiger partial charge is 0.481 e. The Bertz CT molecular complexity index is 862. The Labute approximate surface area is 157 Å². The lowest BCUT2D eigenvalue weighted by atomic mass is 9.56. The summed E-state index contributed by atoms with van der Waals surface area (Å²) in [7, 11) is 1.54. The van der Waals surface area contributed by atoms with Crippen molar-refractivity contribution in [1.29, 1.82) is 0 Å². The second kappa shape index (κ2) is 6.62. The number of hydrogen-bond acceptors (Lipinski definition) is 4. The average Bonchev–Trinajstić information content (AvgIpc) is 2.67. The topological polar surface area (TPSA) is 84.3 Å². The minimum Gasteiger partial charge on any atom is -0.481 e. The van der Waals surface area contributed by atoms with Crippen molar-refractivity contribution in [3.63, 3.8) is 0 Å². The molecule has 0 saturated heterocycles. The summed E-state index contributed by atoms with van der Waals surface area (Å²) in [6.45, 7) is 0. The molecule has 27 heavy (non-hydrogen) atoms. The molecular weight excluding hydrogens is 349 g/mol. The molecule has 2 bridgehead atoms. The molecule has 2 aromatic heterocycles. The minimum atomic E-state index is -0.935. The van der Waals surface area contributed by atoms with Crippen molar-refractivity contribution >= 4 is 17.1 Å². The molecule has 144 valence electrons. The summed E-state index contributed by atoms with van der Waals surface area (Å²) in [4.78, 5) is 19.6. The minimum absolute atomic E-state index is 0.169. The molecule has 3 fully saturated rings. The van der Waals surface area contributed by atoms with Crippen LogP contribution in [0.15, 0.2) is 18.3 Å². The molecule has 2 heterocycles. The maximum atomic E-state index is 14.5. The molecule has 2 aromatic rings. The first-order valence-electron chi connectivity index (χ1n) is 9.44. The Morgan fingerprint density at radius 1 is 1.26 bits per heavy atom. The second-order valence-electron chi connectivity index (χ2n) is 8.02. The number of aryl methyl sites for hydroxylation is 1. The van der Waals surface area contributed by atoms with Crippen LogP contribution in [-0.4, -0.2) is 33.8 Å². The number of hydrogen-bond donors (Lipinski definition) is 2. The summed E-state index contributed by atoms with van der Waals surface area (Å²) >= 11 is 0. The SMILES string of the molecule is COc1ccc2ncc(F)c(CCC34CCC(NC(=O)O)(CC3)CC4)c2n1. The fourth-order valence-corrected chi connectivity index (χ4v) is 4.87. The zero-order valence-electron chi connectivity index (χ0n) is 15.4. The number of rotatable bonds is 5. The van der Waals surface area contributed by atoms with Crippen LogP contribution in [0.4, 0.5) is 9.18 Å². The van der Waals surface area contributed by atoms with Crippen molar-refractivity contribution in [2.45, 2.75) is 56.9 Å². The fraction of sp³-hybridized carbons (Fsp3) is 0.550. The van der Waals surface area contributed by atoms with Gasteiger partial charge in [0.05, 0.1) is 24.3 Å². The van der Waals surface area contributed by atoms with Gasteiger partial charge in [0, 0.05) is 17.2 Å². The third kappa shape index (κ3) is 3.31. The van der Waals surface area contributed by atoms with Crippen molar-refractivity contribution in [1.82, 2.24) is 15.3 Å². The van der Waals surface area contributed by atoms with Gasteiger partial charge < -0.3 is 15.2 Å². The summed E-state index contributed by atoms with van der Waals surface area (Å²) in [6.07, 6.45) is 7.36. The van der Waals surface area contributed by atoms with E-state index in [0.717, 1.165) is 44.9 Å². The number of pyridine rings is 2. The smallest absolute Gasteiger partial charge is 0.405 e. The van der Waals surface area contributed by atoms with E-state index in [9.17, 15) is 9.18 Å². The highest BCUT2D eigenvalue weighted by Crippen LogP contribution is 2.54. The Kier molecular flexibility index (Phi) is 4.40. The van der Waals surface area contributed by atoms with E-state index < -0.39 is 6.09 Å². The Morgan fingerprint density at radius 3 is 2.59 bits per heavy atom. The number of nitrogens with zero attached hydrogens (tertiary/aromatic N) is 2. The highest BCUT2D eigenvalue weighted by atomic mass is 19.1. The fourth-order valence-electron chi connectivity index (χ4n) is 4.87. The van der Waals surface area contributed by atoms with Crippen LogP contribution in [0.2, 0.25) is 0 Å². The molecule has 0 atom stereocenters. The zero-order valence-corrected chi connectivity index (χ0v) is 15.4. The lowest BCUT2D eigenvalue weighted by Gasteiger charge is -2.53. The standard InChI is InChI=1S/C20H24FN3O3/c1-27-16-3-2-15-17(23-16)13(14(21)12-22-15)4-5-19-6-9-20(10-7-19,11-8-19)24-18(25)26/h2-3,12,24H,4-11H2,1H3,(H,25,26). The Hall–Kier alpha value is -2.44. The average molecular weight is 373 g/mol. The first kappa shape index (κ1) is 17.9. The van der Waals surface area contributed by atoms with E-state index in [1.54, 1.807) is 19.2 Å². The molecular formula is C20H24FN3O3. The van der Waals surface area contributed by atoms with Gasteiger partial charge in [-0.3, -0.25) is 4.98 Å². The van der Waals surface area contributed by atoms with Crippen molar-refractivity contribution in [2.24, 2.45) is 5.41 Å². The molecule has 3 aliphatic rings. The van der Waals surface area contributed by atoms with Crippen molar-refractivity contribution in [2.75, 3.05) is 7.11 Å². The number of carboxylic acid groups (broad SMARTS) is 1. The predicted molar refractivity (Wildman–Crippen MR) is 98.4 cm³/mol. The lowest BCUT2D eigenvalue weighted by molar-refractivity contribution is 0.0188. The van der Waals surface area contributed by atoms with Crippen LogP contribution in [0.1, 0.15) is 50.5 Å². The van der Waals surface area contributed by atoms with Crippen LogP contribution in [0, 0.1) is 11.2 Å². The van der Waals surface area contributed by atoms with Gasteiger partial charge >= 0.3 is 6.09 Å². The number of carbonyl (C=O) groups is 1. The van der Waals surface area contributed by atoms with Gasteiger partial charge in [0.25, 0.3) is 0 Å². The number of ether oxygens (including phenoxy) is 1. The molecule has 1 amide bonds. The summed E-state index contributed by atoms with van der Waals surface area (Å²) < 4.78 is 19.7. The van der Waals surface area contributed by atoms with Crippen molar-refractivity contribution in [3.8, 4) is 5.88 Å². The quantitative estimate of drug-likeness (QED) is 0.825. The van der Waals surface area contributed by atoms with E-state index in [4.69, 9.17) is 9.84 Å². The molecule has 3 saturated carbocycles. The summed E-state index contributed by atoms with van der Waals surface area (Å²) in [6, 6.07) is 3.53. The van der Waals surface area contributed by atoms with E-state index in [1.165, 1.54) is 6.20 Å². The van der Waals surface area contributed by atoms with Gasteiger partial charge in [0.2, 0.25) is 5.88 Å². The Morgan fingerprint density at radius 2 is 1.96 bits per heavy atom. The molecule has 2 N–H and O–H groups in total. The summed E-state index contributed by atoms with van der Waals surface area (Å²) in [5.74, 6) is 0.127. The monoisotopic (exact) mass is 373 g/mol. The van der Waals surface area contributed by atoms with E-state index in [2.05, 4.69) is 15.3 Å². The normalized spacial score (nSPS) is 26.9. The summed E-state index contributed by atoms with van der Waals surface area (Å²) in [5.41, 5.74) is 1.75. The zero-order chi connectivity index (χ0) is 19.1. The van der Waals surface area contributed by atoms with Crippen LogP contribution in [-0.2, 0) is 6.42 Å². The van der Waals surface area contributed by atoms with E-state index >= 15 is 0 Å². The van der Waals surface area contributed by atoms with Crippen molar-refractivity contribution < 1.29 is 19.0 Å². The molecule has 0 unspecified atom stereocenters. The number of nitrogens with one attached hydrogen (secondary N) is 1. The van der Waals surface area contributed by atoms with Gasteiger partial charge in [-0.2, -0.15) is 0 Å². The number of halogens is 1. The van der Waals surface area contributed by atoms with Gasteiger partial charge in [0.1, 0.15) is 5.82 Å². The molecule has 0 spiro atoms. The van der Waals surface area contributed by atoms with E-state index in [1.807, 2.05) is 0 Å². The summed E-state index contributed by atoms with van der Waals surface area (Å²) in [5, 5.41) is 11.8. The molecule has 0 aliphatic heterocycles. The molecule has 0 aromatic carbocycles. The van der Waals surface area contributed by atoms with E-state index in [-0.39, 0.29) is 16.8 Å². The first-order valence-corrected chi connectivity index (χ1v) is 9.44. The Balaban J connectivity index is 1.53. The van der Waals surface area contributed by atoms with Crippen LogP contribution in [0.3, 0.4) is 0 Å². The van der Waals surface area contributed by atoms with Crippen LogP contribution < -0.4 is 10.1 Å². The first-order chi connectivity index (χ1) is 12.9. The number of aromatic nitrogens is 2. The molecule has 5 rings (SSSR count). The van der Waals surface area contributed by atoms with Gasteiger partial charge in [-0.05, 0) is 62.8 Å². The van der Waals surface area contributed by atoms with E-state index in [0.29, 0.717) is 28.9 Å². The van der Waals surface area contributed by atoms with Gasteiger partial charge in [0.15, 0.2) is 0 Å². The molecule has 7 heteroatoms. The maximum Gasteiger partial charge on any atom is 0.405 e. The predicted octanol–water partition coefficient (Wildman–Crippen LogP) is 4.07. The molecule has 0 radical (unpaired) electrons. The van der Waals surface area contributed by atoms with Crippen LogP contribution in [0.25, 0.3) is 11.0 Å². The number of amides is 1. The van der Waals surface area contributed by atoms with Gasteiger partial charge in [-0.15, -0.1) is 0 Å². The highest BCUT2D eigenvalue weighted by molar-refractivity contribution is 5.78. The lowest BCUT2D eigenvalue weighted by Crippen LogP contribution is -2.56. The van der Waals surface area contributed by atoms with Crippen LogP contribution >= 0.6 is 0 Å². The number of methoxy groups -OCH3 is 1. The second-order valence-corrected chi connectivity index (χ2v) is 8.02.